The van der Waals surface area contributed by atoms with Crippen LogP contribution in [0.5, 0.6) is 5.75 Å². The van der Waals surface area contributed by atoms with E-state index in [1.165, 1.54) is 11.1 Å². The lowest BCUT2D eigenvalue weighted by atomic mass is 9.82. The molecule has 3 N–H and O–H groups in total. The molecule has 118 valence electrons. The number of nitrogens with two attached hydrogens (primary N) is 1. The SMILES string of the molecule is COC(C(CCc1ccc2c(c1)CCO2)NN)C(C)(C)C. The van der Waals surface area contributed by atoms with Gasteiger partial charge in [0.1, 0.15) is 5.75 Å². The first-order valence-electron chi connectivity index (χ1n) is 7.69. The molecule has 0 saturated carbocycles. The zero-order chi connectivity index (χ0) is 15.5. The van der Waals surface area contributed by atoms with Crippen molar-refractivity contribution in [3.05, 3.63) is 29.3 Å². The highest BCUT2D eigenvalue weighted by molar-refractivity contribution is 5.39. The predicted octanol–water partition coefficient (Wildman–Crippen LogP) is 2.45. The van der Waals surface area contributed by atoms with Crippen molar-refractivity contribution in [2.45, 2.75) is 52.2 Å². The largest absolute Gasteiger partial charge is 0.493 e. The van der Waals surface area contributed by atoms with E-state index >= 15 is 0 Å². The molecule has 4 heteroatoms. The van der Waals surface area contributed by atoms with E-state index in [9.17, 15) is 0 Å². The number of aryl methyl sites for hydroxylation is 1. The molecule has 2 unspecified atom stereocenters. The van der Waals surface area contributed by atoms with Crippen LogP contribution in [0.4, 0.5) is 0 Å². The highest BCUT2D eigenvalue weighted by Gasteiger charge is 2.31. The van der Waals surface area contributed by atoms with Crippen molar-refractivity contribution in [1.29, 1.82) is 0 Å². The van der Waals surface area contributed by atoms with Crippen molar-refractivity contribution in [1.82, 2.24) is 5.43 Å². The summed E-state index contributed by atoms with van der Waals surface area (Å²) in [5.41, 5.74) is 5.65. The summed E-state index contributed by atoms with van der Waals surface area (Å²) in [7, 11) is 1.76. The van der Waals surface area contributed by atoms with Gasteiger partial charge in [0.25, 0.3) is 0 Å². The van der Waals surface area contributed by atoms with Crippen LogP contribution in [0.1, 0.15) is 38.3 Å². The van der Waals surface area contributed by atoms with Gasteiger partial charge in [0.15, 0.2) is 0 Å². The van der Waals surface area contributed by atoms with Gasteiger partial charge < -0.3 is 9.47 Å². The van der Waals surface area contributed by atoms with Crippen molar-refractivity contribution < 1.29 is 9.47 Å². The minimum Gasteiger partial charge on any atom is -0.493 e. The lowest BCUT2D eigenvalue weighted by Crippen LogP contribution is -2.50. The Morgan fingerprint density at radius 1 is 1.38 bits per heavy atom. The maximum absolute atomic E-state index is 5.75. The molecule has 1 aliphatic heterocycles. The van der Waals surface area contributed by atoms with Crippen molar-refractivity contribution in [3.8, 4) is 5.75 Å². The van der Waals surface area contributed by atoms with Crippen LogP contribution in [0, 0.1) is 5.41 Å². The molecular formula is C17H28N2O2. The van der Waals surface area contributed by atoms with Gasteiger partial charge in [-0.25, -0.2) is 0 Å². The summed E-state index contributed by atoms with van der Waals surface area (Å²) in [5, 5.41) is 0. The van der Waals surface area contributed by atoms with E-state index in [2.05, 4.69) is 44.4 Å². The zero-order valence-corrected chi connectivity index (χ0v) is 13.6. The molecule has 0 spiro atoms. The van der Waals surface area contributed by atoms with Gasteiger partial charge in [-0.1, -0.05) is 32.9 Å². The second-order valence-corrected chi connectivity index (χ2v) is 6.87. The van der Waals surface area contributed by atoms with E-state index in [-0.39, 0.29) is 17.6 Å². The molecule has 1 aromatic rings. The number of hydrogen-bond donors (Lipinski definition) is 2. The Hall–Kier alpha value is -1.10. The number of hydrogen-bond acceptors (Lipinski definition) is 4. The number of nitrogens with one attached hydrogen (secondary N) is 1. The average molecular weight is 292 g/mol. The van der Waals surface area contributed by atoms with Gasteiger partial charge in [-0.15, -0.1) is 0 Å². The van der Waals surface area contributed by atoms with Gasteiger partial charge in [0.05, 0.1) is 12.7 Å². The number of hydrazine groups is 1. The molecule has 0 aromatic heterocycles. The molecule has 0 radical (unpaired) electrons. The minimum absolute atomic E-state index is 0.0531. The fraction of sp³-hybridized carbons (Fsp3) is 0.647. The summed E-state index contributed by atoms with van der Waals surface area (Å²) in [6.45, 7) is 7.34. The lowest BCUT2D eigenvalue weighted by Gasteiger charge is -2.35. The molecule has 0 saturated heterocycles. The first-order valence-corrected chi connectivity index (χ1v) is 7.69. The van der Waals surface area contributed by atoms with Crippen LogP contribution in [0.3, 0.4) is 0 Å². The molecule has 2 rings (SSSR count). The number of fused-ring (bicyclic) bond motifs is 1. The fourth-order valence-electron chi connectivity index (χ4n) is 3.16. The van der Waals surface area contributed by atoms with Gasteiger partial charge >= 0.3 is 0 Å². The second-order valence-electron chi connectivity index (χ2n) is 6.87. The Balaban J connectivity index is 1.99. The number of rotatable bonds is 6. The summed E-state index contributed by atoms with van der Waals surface area (Å²) in [6.07, 6.45) is 3.04. The van der Waals surface area contributed by atoms with E-state index in [1.54, 1.807) is 7.11 Å². The third-order valence-electron chi connectivity index (χ3n) is 4.18. The molecule has 0 bridgehead atoms. The van der Waals surface area contributed by atoms with Crippen LogP contribution in [0.25, 0.3) is 0 Å². The number of benzene rings is 1. The fourth-order valence-corrected chi connectivity index (χ4v) is 3.16. The van der Waals surface area contributed by atoms with Gasteiger partial charge in [-0.05, 0) is 35.4 Å². The van der Waals surface area contributed by atoms with Crippen LogP contribution >= 0.6 is 0 Å². The Labute approximate surface area is 128 Å². The lowest BCUT2D eigenvalue weighted by molar-refractivity contribution is -0.0131. The van der Waals surface area contributed by atoms with Crippen molar-refractivity contribution >= 4 is 0 Å². The van der Waals surface area contributed by atoms with Gasteiger partial charge in [0, 0.05) is 19.6 Å². The minimum atomic E-state index is 0.0531. The Morgan fingerprint density at radius 3 is 2.76 bits per heavy atom. The van der Waals surface area contributed by atoms with E-state index in [4.69, 9.17) is 15.3 Å². The Bertz CT molecular complexity index is 468. The maximum atomic E-state index is 5.75. The van der Waals surface area contributed by atoms with Crippen LogP contribution in [0.15, 0.2) is 18.2 Å². The summed E-state index contributed by atoms with van der Waals surface area (Å²) in [4.78, 5) is 0. The molecule has 0 amide bonds. The standard InChI is InChI=1S/C17H28N2O2/c1-17(2,3)16(20-4)14(19-18)7-5-12-6-8-15-13(11-12)9-10-21-15/h6,8,11,14,16,19H,5,7,9-10,18H2,1-4H3. The third-order valence-corrected chi connectivity index (χ3v) is 4.18. The van der Waals surface area contributed by atoms with Crippen molar-refractivity contribution in [2.24, 2.45) is 11.3 Å². The molecule has 1 aromatic carbocycles. The average Bonchev–Trinajstić information content (AvgIpc) is 2.89. The highest BCUT2D eigenvalue weighted by atomic mass is 16.5. The topological polar surface area (TPSA) is 56.5 Å². The normalized spacial score (nSPS) is 17.2. The smallest absolute Gasteiger partial charge is 0.122 e. The predicted molar refractivity (Wildman–Crippen MR) is 85.3 cm³/mol. The monoisotopic (exact) mass is 292 g/mol. The van der Waals surface area contributed by atoms with Crippen molar-refractivity contribution in [3.63, 3.8) is 0 Å². The van der Waals surface area contributed by atoms with E-state index in [0.29, 0.717) is 0 Å². The first-order chi connectivity index (χ1) is 9.95. The van der Waals surface area contributed by atoms with Crippen LogP contribution in [0.2, 0.25) is 0 Å². The Kier molecular flexibility index (Phi) is 5.25. The molecule has 1 heterocycles. The number of ether oxygens (including phenoxy) is 2. The van der Waals surface area contributed by atoms with Gasteiger partial charge in [-0.3, -0.25) is 11.3 Å². The molecule has 0 aliphatic carbocycles. The van der Waals surface area contributed by atoms with E-state index in [1.807, 2.05) is 0 Å². The molecule has 1 aliphatic rings. The van der Waals surface area contributed by atoms with Crippen LogP contribution < -0.4 is 16.0 Å². The third kappa shape index (κ3) is 3.96. The summed E-state index contributed by atoms with van der Waals surface area (Å²) < 4.78 is 11.2. The quantitative estimate of drug-likeness (QED) is 0.624. The second kappa shape index (κ2) is 6.77. The van der Waals surface area contributed by atoms with E-state index < -0.39 is 0 Å². The van der Waals surface area contributed by atoms with Gasteiger partial charge in [-0.2, -0.15) is 0 Å². The van der Waals surface area contributed by atoms with Gasteiger partial charge in [0.2, 0.25) is 0 Å². The Morgan fingerprint density at radius 2 is 2.14 bits per heavy atom. The first kappa shape index (κ1) is 16.3. The summed E-state index contributed by atoms with van der Waals surface area (Å²) >= 11 is 0. The molecule has 21 heavy (non-hydrogen) atoms. The summed E-state index contributed by atoms with van der Waals surface area (Å²) in [6, 6.07) is 6.63. The van der Waals surface area contributed by atoms with Crippen molar-refractivity contribution in [2.75, 3.05) is 13.7 Å². The molecule has 4 nitrogen and oxygen atoms in total. The summed E-state index contributed by atoms with van der Waals surface area (Å²) in [5.74, 6) is 6.79. The molecule has 0 fully saturated rings. The maximum Gasteiger partial charge on any atom is 0.122 e. The zero-order valence-electron chi connectivity index (χ0n) is 13.6. The molecule has 2 atom stereocenters. The van der Waals surface area contributed by atoms with Crippen LogP contribution in [-0.2, 0) is 17.6 Å². The number of methoxy groups -OCH3 is 1. The molecular weight excluding hydrogens is 264 g/mol. The highest BCUT2D eigenvalue weighted by Crippen LogP contribution is 2.28. The van der Waals surface area contributed by atoms with Crippen LogP contribution in [-0.4, -0.2) is 25.9 Å². The van der Waals surface area contributed by atoms with E-state index in [0.717, 1.165) is 31.6 Å².